The molecule has 1 atom stereocenters. The maximum absolute atomic E-state index is 13.4. The molecule has 1 spiro atoms. The van der Waals surface area contributed by atoms with E-state index >= 15 is 0 Å². The summed E-state index contributed by atoms with van der Waals surface area (Å²) in [6.45, 7) is 2.43. The van der Waals surface area contributed by atoms with E-state index in [0.717, 1.165) is 68.3 Å². The van der Waals surface area contributed by atoms with Crippen LogP contribution < -0.4 is 4.90 Å². The van der Waals surface area contributed by atoms with E-state index in [1.807, 2.05) is 6.07 Å². The van der Waals surface area contributed by atoms with Crippen LogP contribution in [0, 0.1) is 5.41 Å². The molecule has 3 aliphatic rings. The van der Waals surface area contributed by atoms with Gasteiger partial charge in [0, 0.05) is 36.3 Å². The second-order valence-corrected chi connectivity index (χ2v) is 9.30. The number of carbonyl (C=O) groups is 1. The highest BCUT2D eigenvalue weighted by Crippen LogP contribution is 2.44. The molecule has 1 saturated carbocycles. The highest BCUT2D eigenvalue weighted by Gasteiger charge is 2.50. The first-order chi connectivity index (χ1) is 12.5. The van der Waals surface area contributed by atoms with Crippen molar-refractivity contribution in [2.75, 3.05) is 24.5 Å². The average Bonchev–Trinajstić information content (AvgIpc) is 2.92. The number of carbonyl (C=O) groups excluding carboxylic acids is 1. The number of piperidine rings is 1. The first-order valence-corrected chi connectivity index (χ1v) is 10.7. The monoisotopic (exact) mass is 441 g/mol. The van der Waals surface area contributed by atoms with Gasteiger partial charge in [-0.15, -0.1) is 0 Å². The Morgan fingerprint density at radius 3 is 2.73 bits per heavy atom. The quantitative estimate of drug-likeness (QED) is 0.760. The van der Waals surface area contributed by atoms with Gasteiger partial charge in [-0.2, -0.15) is 0 Å². The molecule has 0 radical (unpaired) electrons. The van der Waals surface area contributed by atoms with Crippen molar-refractivity contribution in [1.82, 2.24) is 9.88 Å². The fourth-order valence-electron chi connectivity index (χ4n) is 4.90. The maximum Gasteiger partial charge on any atom is 0.230 e. The summed E-state index contributed by atoms with van der Waals surface area (Å²) >= 11 is 9.81. The number of aliphatic hydroxyl groups is 1. The fraction of sp³-hybridized carbons (Fsp3) is 0.684. The Labute approximate surface area is 167 Å². The molecule has 1 aromatic rings. The van der Waals surface area contributed by atoms with Gasteiger partial charge >= 0.3 is 0 Å². The van der Waals surface area contributed by atoms with E-state index in [0.29, 0.717) is 23.5 Å². The molecule has 1 aliphatic carbocycles. The summed E-state index contributed by atoms with van der Waals surface area (Å²) in [5.41, 5.74) is -0.299. The van der Waals surface area contributed by atoms with Gasteiger partial charge in [0.15, 0.2) is 0 Å². The third-order valence-electron chi connectivity index (χ3n) is 6.32. The Hall–Kier alpha value is -0.850. The van der Waals surface area contributed by atoms with E-state index in [4.69, 9.17) is 11.6 Å². The Kier molecular flexibility index (Phi) is 5.19. The first-order valence-electron chi connectivity index (χ1n) is 9.54. The van der Waals surface area contributed by atoms with Crippen LogP contribution in [0.4, 0.5) is 5.82 Å². The molecule has 4 rings (SSSR count). The lowest BCUT2D eigenvalue weighted by Crippen LogP contribution is -2.50. The molecule has 0 unspecified atom stereocenters. The van der Waals surface area contributed by atoms with Gasteiger partial charge in [-0.3, -0.25) is 4.79 Å². The number of rotatable bonds is 2. The first kappa shape index (κ1) is 18.5. The number of nitrogens with zero attached hydrogens (tertiary/aromatic N) is 3. The van der Waals surface area contributed by atoms with Gasteiger partial charge in [0.2, 0.25) is 5.91 Å². The highest BCUT2D eigenvalue weighted by molar-refractivity contribution is 9.10. The number of halogens is 2. The van der Waals surface area contributed by atoms with Gasteiger partial charge in [0.1, 0.15) is 5.82 Å². The molecule has 3 heterocycles. The molecule has 7 heteroatoms. The molecule has 2 saturated heterocycles. The normalized spacial score (nSPS) is 32.5. The number of amides is 1. The SMILES string of the molecule is O=C1N(C2CCC(O)CC2)CC[C@]12CCCN(c1ncc(Br)cc1Cl)C2. The Morgan fingerprint density at radius 2 is 2.00 bits per heavy atom. The fourth-order valence-corrected chi connectivity index (χ4v) is 5.65. The molecule has 2 aliphatic heterocycles. The number of aromatic nitrogens is 1. The lowest BCUT2D eigenvalue weighted by atomic mass is 9.78. The Bertz CT molecular complexity index is 695. The van der Waals surface area contributed by atoms with E-state index in [2.05, 4.69) is 30.7 Å². The summed E-state index contributed by atoms with van der Waals surface area (Å²) in [4.78, 5) is 22.1. The Balaban J connectivity index is 1.50. The van der Waals surface area contributed by atoms with E-state index < -0.39 is 0 Å². The van der Waals surface area contributed by atoms with Crippen molar-refractivity contribution in [2.24, 2.45) is 5.41 Å². The average molecular weight is 443 g/mol. The van der Waals surface area contributed by atoms with Crippen LogP contribution in [0.5, 0.6) is 0 Å². The lowest BCUT2D eigenvalue weighted by molar-refractivity contribution is -0.139. The minimum Gasteiger partial charge on any atom is -0.393 e. The molecule has 5 nitrogen and oxygen atoms in total. The topological polar surface area (TPSA) is 56.7 Å². The van der Waals surface area contributed by atoms with Crippen molar-refractivity contribution in [2.45, 2.75) is 57.1 Å². The van der Waals surface area contributed by atoms with Crippen LogP contribution in [0.25, 0.3) is 0 Å². The van der Waals surface area contributed by atoms with Crippen LogP contribution in [0.3, 0.4) is 0 Å². The second kappa shape index (κ2) is 7.28. The summed E-state index contributed by atoms with van der Waals surface area (Å²) in [5.74, 6) is 1.08. The van der Waals surface area contributed by atoms with Crippen LogP contribution >= 0.6 is 27.5 Å². The molecule has 0 aromatic carbocycles. The van der Waals surface area contributed by atoms with Gasteiger partial charge in [-0.1, -0.05) is 11.6 Å². The Morgan fingerprint density at radius 1 is 1.23 bits per heavy atom. The van der Waals surface area contributed by atoms with E-state index in [9.17, 15) is 9.90 Å². The maximum atomic E-state index is 13.4. The van der Waals surface area contributed by atoms with Crippen LogP contribution in [-0.2, 0) is 4.79 Å². The molecule has 142 valence electrons. The predicted octanol–water partition coefficient (Wildman–Crippen LogP) is 3.62. The van der Waals surface area contributed by atoms with Gasteiger partial charge in [-0.05, 0) is 66.9 Å². The molecule has 1 amide bonds. The zero-order chi connectivity index (χ0) is 18.3. The summed E-state index contributed by atoms with van der Waals surface area (Å²) in [6.07, 6.45) is 7.89. The molecule has 26 heavy (non-hydrogen) atoms. The summed E-state index contributed by atoms with van der Waals surface area (Å²) < 4.78 is 0.862. The minimum absolute atomic E-state index is 0.186. The zero-order valence-electron chi connectivity index (χ0n) is 14.8. The third kappa shape index (κ3) is 3.36. The van der Waals surface area contributed by atoms with E-state index in [1.54, 1.807) is 6.20 Å². The van der Waals surface area contributed by atoms with Crippen molar-refractivity contribution in [3.05, 3.63) is 21.8 Å². The smallest absolute Gasteiger partial charge is 0.230 e. The van der Waals surface area contributed by atoms with Crippen molar-refractivity contribution < 1.29 is 9.90 Å². The largest absolute Gasteiger partial charge is 0.393 e. The standard InChI is InChI=1S/C19H25BrClN3O2/c20-13-10-16(21)17(22-11-13)23-8-1-6-19(12-23)7-9-24(18(19)26)14-2-4-15(25)5-3-14/h10-11,14-15,25H,1-9,12H2/t14?,15?,19-/m0/s1. The highest BCUT2D eigenvalue weighted by atomic mass is 79.9. The van der Waals surface area contributed by atoms with Crippen LogP contribution in [-0.4, -0.2) is 52.7 Å². The van der Waals surface area contributed by atoms with Gasteiger partial charge in [0.05, 0.1) is 16.5 Å². The van der Waals surface area contributed by atoms with Crippen molar-refractivity contribution in [3.63, 3.8) is 0 Å². The molecule has 1 aromatic heterocycles. The third-order valence-corrected chi connectivity index (χ3v) is 7.03. The number of hydrogen-bond donors (Lipinski definition) is 1. The lowest BCUT2D eigenvalue weighted by Gasteiger charge is -2.41. The number of hydrogen-bond acceptors (Lipinski definition) is 4. The van der Waals surface area contributed by atoms with Crippen molar-refractivity contribution in [1.29, 1.82) is 0 Å². The predicted molar refractivity (Wildman–Crippen MR) is 105 cm³/mol. The molecule has 1 N–H and O–H groups in total. The number of likely N-dealkylation sites (tertiary alicyclic amines) is 1. The number of anilines is 1. The van der Waals surface area contributed by atoms with Gasteiger partial charge in [0.25, 0.3) is 0 Å². The zero-order valence-corrected chi connectivity index (χ0v) is 17.2. The van der Waals surface area contributed by atoms with Crippen LogP contribution in [0.2, 0.25) is 5.02 Å². The summed E-state index contributed by atoms with van der Waals surface area (Å²) in [5, 5.41) is 10.4. The van der Waals surface area contributed by atoms with E-state index in [-0.39, 0.29) is 11.5 Å². The van der Waals surface area contributed by atoms with Crippen LogP contribution in [0.15, 0.2) is 16.7 Å². The molecular weight excluding hydrogens is 418 g/mol. The van der Waals surface area contributed by atoms with E-state index in [1.165, 1.54) is 0 Å². The van der Waals surface area contributed by atoms with Gasteiger partial charge in [-0.25, -0.2) is 4.98 Å². The number of pyridine rings is 1. The van der Waals surface area contributed by atoms with Crippen molar-refractivity contribution >= 4 is 39.3 Å². The summed E-state index contributed by atoms with van der Waals surface area (Å²) in [6, 6.07) is 2.16. The van der Waals surface area contributed by atoms with Crippen molar-refractivity contribution in [3.8, 4) is 0 Å². The molecule has 0 bridgehead atoms. The molecular formula is C19H25BrClN3O2. The second-order valence-electron chi connectivity index (χ2n) is 7.98. The minimum atomic E-state index is -0.299. The number of aliphatic hydroxyl groups excluding tert-OH is 1. The van der Waals surface area contributed by atoms with Crippen LogP contribution in [0.1, 0.15) is 44.9 Å². The van der Waals surface area contributed by atoms with Gasteiger partial charge < -0.3 is 14.9 Å². The summed E-state index contributed by atoms with van der Waals surface area (Å²) in [7, 11) is 0. The molecule has 3 fully saturated rings.